The van der Waals surface area contributed by atoms with Crippen molar-refractivity contribution in [3.05, 3.63) is 35.6 Å². The Morgan fingerprint density at radius 3 is 2.67 bits per heavy atom. The van der Waals surface area contributed by atoms with Gasteiger partial charge < -0.3 is 9.84 Å². The van der Waals surface area contributed by atoms with E-state index in [1.54, 1.807) is 19.1 Å². The highest BCUT2D eigenvalue weighted by molar-refractivity contribution is 5.22. The summed E-state index contributed by atoms with van der Waals surface area (Å²) in [6, 6.07) is 8.17. The summed E-state index contributed by atoms with van der Waals surface area (Å²) in [5.74, 6) is -0.308. The standard InChI is InChI=1S/C14H16FNO2/c1-13(17,14(9-16)6-7-18-10-14)8-11-2-4-12(15)5-3-11/h2-5,17H,6-8,10H2,1H3. The molecule has 1 heterocycles. The van der Waals surface area contributed by atoms with E-state index in [0.717, 1.165) is 5.56 Å². The molecule has 2 unspecified atom stereocenters. The molecule has 0 aliphatic carbocycles. The Kier molecular flexibility index (Phi) is 3.38. The number of halogens is 1. The van der Waals surface area contributed by atoms with Crippen molar-refractivity contribution in [3.63, 3.8) is 0 Å². The van der Waals surface area contributed by atoms with Gasteiger partial charge in [-0.3, -0.25) is 0 Å². The summed E-state index contributed by atoms with van der Waals surface area (Å²) >= 11 is 0. The van der Waals surface area contributed by atoms with E-state index in [2.05, 4.69) is 6.07 Å². The van der Waals surface area contributed by atoms with E-state index in [1.165, 1.54) is 12.1 Å². The first kappa shape index (κ1) is 13.0. The minimum absolute atomic E-state index is 0.248. The van der Waals surface area contributed by atoms with Gasteiger partial charge in [-0.1, -0.05) is 12.1 Å². The van der Waals surface area contributed by atoms with Gasteiger partial charge in [0.15, 0.2) is 0 Å². The normalized spacial score (nSPS) is 26.6. The molecule has 2 atom stereocenters. The molecule has 1 aliphatic heterocycles. The number of hydrogen-bond donors (Lipinski definition) is 1. The first-order valence-corrected chi connectivity index (χ1v) is 5.95. The van der Waals surface area contributed by atoms with Crippen LogP contribution >= 0.6 is 0 Å². The van der Waals surface area contributed by atoms with Crippen LogP contribution in [0.2, 0.25) is 0 Å². The van der Waals surface area contributed by atoms with Crippen LogP contribution < -0.4 is 0 Å². The molecule has 1 fully saturated rings. The summed E-state index contributed by atoms with van der Waals surface area (Å²) in [7, 11) is 0. The van der Waals surface area contributed by atoms with Crippen molar-refractivity contribution in [3.8, 4) is 6.07 Å². The first-order valence-electron chi connectivity index (χ1n) is 5.95. The third-order valence-corrected chi connectivity index (χ3v) is 3.73. The van der Waals surface area contributed by atoms with Crippen molar-refractivity contribution in [1.29, 1.82) is 5.26 Å². The lowest BCUT2D eigenvalue weighted by molar-refractivity contribution is -0.0420. The van der Waals surface area contributed by atoms with Gasteiger partial charge in [-0.15, -0.1) is 0 Å². The molecule has 0 amide bonds. The molecule has 1 aliphatic rings. The van der Waals surface area contributed by atoms with Gasteiger partial charge >= 0.3 is 0 Å². The number of rotatable bonds is 3. The fraction of sp³-hybridized carbons (Fsp3) is 0.500. The quantitative estimate of drug-likeness (QED) is 0.892. The molecule has 96 valence electrons. The Hall–Kier alpha value is -1.44. The van der Waals surface area contributed by atoms with Crippen LogP contribution in [0.4, 0.5) is 4.39 Å². The predicted octanol–water partition coefficient (Wildman–Crippen LogP) is 2.05. The summed E-state index contributed by atoms with van der Waals surface area (Å²) in [4.78, 5) is 0. The highest BCUT2D eigenvalue weighted by Crippen LogP contribution is 2.40. The van der Waals surface area contributed by atoms with Crippen LogP contribution in [0.15, 0.2) is 24.3 Å². The number of nitriles is 1. The second-order valence-electron chi connectivity index (χ2n) is 5.07. The molecule has 4 heteroatoms. The Balaban J connectivity index is 2.21. The molecule has 0 spiro atoms. The Labute approximate surface area is 106 Å². The number of hydrogen-bond acceptors (Lipinski definition) is 3. The van der Waals surface area contributed by atoms with Crippen LogP contribution in [-0.2, 0) is 11.2 Å². The zero-order valence-electron chi connectivity index (χ0n) is 10.3. The Morgan fingerprint density at radius 2 is 2.17 bits per heavy atom. The minimum Gasteiger partial charge on any atom is -0.388 e. The number of nitrogens with zero attached hydrogens (tertiary/aromatic N) is 1. The maximum atomic E-state index is 12.8. The third kappa shape index (κ3) is 2.24. The van der Waals surface area contributed by atoms with Crippen molar-refractivity contribution in [2.75, 3.05) is 13.2 Å². The lowest BCUT2D eigenvalue weighted by Crippen LogP contribution is -2.47. The van der Waals surface area contributed by atoms with Crippen LogP contribution in [0.25, 0.3) is 0 Å². The third-order valence-electron chi connectivity index (χ3n) is 3.73. The van der Waals surface area contributed by atoms with Gasteiger partial charge in [0.25, 0.3) is 0 Å². The van der Waals surface area contributed by atoms with Gasteiger partial charge in [-0.2, -0.15) is 5.26 Å². The highest BCUT2D eigenvalue weighted by atomic mass is 19.1. The zero-order valence-corrected chi connectivity index (χ0v) is 10.3. The molecule has 1 aromatic carbocycles. The summed E-state index contributed by atoms with van der Waals surface area (Å²) in [5, 5.41) is 19.9. The lowest BCUT2D eigenvalue weighted by Gasteiger charge is -2.36. The van der Waals surface area contributed by atoms with Crippen molar-refractivity contribution in [2.24, 2.45) is 5.41 Å². The first-order chi connectivity index (χ1) is 8.49. The van der Waals surface area contributed by atoms with E-state index in [1.807, 2.05) is 0 Å². The lowest BCUT2D eigenvalue weighted by atomic mass is 9.70. The van der Waals surface area contributed by atoms with Gasteiger partial charge in [-0.25, -0.2) is 4.39 Å². The zero-order chi connectivity index (χ0) is 13.2. The molecule has 1 saturated heterocycles. The summed E-state index contributed by atoms with van der Waals surface area (Å²) in [5.41, 5.74) is -1.25. The minimum atomic E-state index is -1.18. The van der Waals surface area contributed by atoms with Gasteiger partial charge in [0.1, 0.15) is 11.2 Å². The predicted molar refractivity (Wildman–Crippen MR) is 64.2 cm³/mol. The van der Waals surface area contributed by atoms with E-state index >= 15 is 0 Å². The summed E-state index contributed by atoms with van der Waals surface area (Å²) in [6.45, 7) is 2.39. The molecule has 18 heavy (non-hydrogen) atoms. The monoisotopic (exact) mass is 249 g/mol. The van der Waals surface area contributed by atoms with Gasteiger partial charge in [0, 0.05) is 13.0 Å². The molecule has 0 bridgehead atoms. The van der Waals surface area contributed by atoms with Crippen molar-refractivity contribution < 1.29 is 14.2 Å². The van der Waals surface area contributed by atoms with Crippen LogP contribution in [0.3, 0.4) is 0 Å². The fourth-order valence-corrected chi connectivity index (χ4v) is 2.37. The molecule has 0 aromatic heterocycles. The van der Waals surface area contributed by atoms with E-state index in [0.29, 0.717) is 19.4 Å². The Bertz CT molecular complexity index is 456. The van der Waals surface area contributed by atoms with Gasteiger partial charge in [0.05, 0.1) is 18.3 Å². The topological polar surface area (TPSA) is 53.2 Å². The maximum absolute atomic E-state index is 12.8. The van der Waals surface area contributed by atoms with E-state index in [4.69, 9.17) is 4.74 Å². The van der Waals surface area contributed by atoms with Crippen LogP contribution in [0, 0.1) is 22.6 Å². The molecule has 3 nitrogen and oxygen atoms in total. The number of benzene rings is 1. The molecular formula is C14H16FNO2. The van der Waals surface area contributed by atoms with Crippen LogP contribution in [0.1, 0.15) is 18.9 Å². The molecule has 1 aromatic rings. The average Bonchev–Trinajstić information content (AvgIpc) is 2.82. The summed E-state index contributed by atoms with van der Waals surface area (Å²) < 4.78 is 18.1. The second-order valence-corrected chi connectivity index (χ2v) is 5.07. The molecule has 2 rings (SSSR count). The molecule has 1 N–H and O–H groups in total. The van der Waals surface area contributed by atoms with Crippen molar-refractivity contribution >= 4 is 0 Å². The van der Waals surface area contributed by atoms with Crippen molar-refractivity contribution in [1.82, 2.24) is 0 Å². The van der Waals surface area contributed by atoms with E-state index < -0.39 is 11.0 Å². The molecule has 0 saturated carbocycles. The van der Waals surface area contributed by atoms with Crippen LogP contribution in [0.5, 0.6) is 0 Å². The van der Waals surface area contributed by atoms with E-state index in [-0.39, 0.29) is 12.4 Å². The second kappa shape index (κ2) is 4.68. The number of aliphatic hydroxyl groups is 1. The SMILES string of the molecule is CC(O)(Cc1ccc(F)cc1)C1(C#N)CCOC1. The van der Waals surface area contributed by atoms with E-state index in [9.17, 15) is 14.8 Å². The van der Waals surface area contributed by atoms with Gasteiger partial charge in [0.2, 0.25) is 0 Å². The number of ether oxygens (including phenoxy) is 1. The van der Waals surface area contributed by atoms with Gasteiger partial charge in [-0.05, 0) is 31.0 Å². The Morgan fingerprint density at radius 1 is 1.50 bits per heavy atom. The van der Waals surface area contributed by atoms with Crippen molar-refractivity contribution in [2.45, 2.75) is 25.4 Å². The largest absolute Gasteiger partial charge is 0.388 e. The fourth-order valence-electron chi connectivity index (χ4n) is 2.37. The highest BCUT2D eigenvalue weighted by Gasteiger charge is 2.50. The maximum Gasteiger partial charge on any atom is 0.123 e. The van der Waals surface area contributed by atoms with Crippen LogP contribution in [-0.4, -0.2) is 23.9 Å². The summed E-state index contributed by atoms with van der Waals surface area (Å²) in [6.07, 6.45) is 0.835. The average molecular weight is 249 g/mol. The molecule has 0 radical (unpaired) electrons. The smallest absolute Gasteiger partial charge is 0.123 e. The molecular weight excluding hydrogens is 233 g/mol.